The van der Waals surface area contributed by atoms with Crippen molar-refractivity contribution < 1.29 is 13.2 Å². The number of rotatable bonds is 1. The van der Waals surface area contributed by atoms with Crippen LogP contribution in [0.15, 0.2) is 36.4 Å². The number of halogens is 6. The highest BCUT2D eigenvalue weighted by Crippen LogP contribution is 2.39. The SMILES string of the molecule is FC(F)(F)c1cc(-c2cccc(Cl)c2Cl)ccc1Cl. The first-order chi connectivity index (χ1) is 8.80. The standard InChI is InChI=1S/C13H6Cl3F3/c14-10-5-4-7(6-9(10)13(17,18)19)8-2-1-3-11(15)12(8)16/h1-6H. The van der Waals surface area contributed by atoms with E-state index in [-0.39, 0.29) is 15.1 Å². The van der Waals surface area contributed by atoms with Crippen LogP contribution in [0.2, 0.25) is 15.1 Å². The minimum atomic E-state index is -4.52. The van der Waals surface area contributed by atoms with Crippen molar-refractivity contribution >= 4 is 34.8 Å². The van der Waals surface area contributed by atoms with Gasteiger partial charge in [0, 0.05) is 5.56 Å². The fourth-order valence-electron chi connectivity index (χ4n) is 1.64. The molecule has 0 saturated carbocycles. The first kappa shape index (κ1) is 14.5. The number of alkyl halides is 3. The summed E-state index contributed by atoms with van der Waals surface area (Å²) >= 11 is 17.4. The maximum Gasteiger partial charge on any atom is 0.417 e. The van der Waals surface area contributed by atoms with Gasteiger partial charge in [-0.1, -0.05) is 53.0 Å². The molecule has 0 unspecified atom stereocenters. The third-order valence-corrected chi connectivity index (χ3v) is 3.68. The Kier molecular flexibility index (Phi) is 4.00. The summed E-state index contributed by atoms with van der Waals surface area (Å²) in [5, 5.41) is 0.136. The number of hydrogen-bond donors (Lipinski definition) is 0. The molecule has 0 saturated heterocycles. The molecule has 0 aliphatic heterocycles. The maximum absolute atomic E-state index is 12.8. The molecule has 0 amide bonds. The second kappa shape index (κ2) is 5.23. The lowest BCUT2D eigenvalue weighted by Gasteiger charge is -2.12. The topological polar surface area (TPSA) is 0 Å². The van der Waals surface area contributed by atoms with Crippen molar-refractivity contribution in [2.75, 3.05) is 0 Å². The van der Waals surface area contributed by atoms with Gasteiger partial charge in [0.15, 0.2) is 0 Å². The minimum absolute atomic E-state index is 0.208. The Bertz CT molecular complexity index is 621. The van der Waals surface area contributed by atoms with Gasteiger partial charge in [-0.25, -0.2) is 0 Å². The van der Waals surface area contributed by atoms with E-state index in [1.54, 1.807) is 18.2 Å². The Morgan fingerprint density at radius 2 is 1.53 bits per heavy atom. The van der Waals surface area contributed by atoms with Crippen molar-refractivity contribution in [2.45, 2.75) is 6.18 Å². The second-order valence-corrected chi connectivity index (χ2v) is 4.99. The van der Waals surface area contributed by atoms with Crippen LogP contribution >= 0.6 is 34.8 Å². The third kappa shape index (κ3) is 2.99. The minimum Gasteiger partial charge on any atom is -0.166 e. The molecule has 0 spiro atoms. The smallest absolute Gasteiger partial charge is 0.166 e. The van der Waals surface area contributed by atoms with E-state index in [2.05, 4.69) is 0 Å². The summed E-state index contributed by atoms with van der Waals surface area (Å²) in [7, 11) is 0. The molecule has 0 N–H and O–H groups in total. The number of hydrogen-bond acceptors (Lipinski definition) is 0. The van der Waals surface area contributed by atoms with Crippen molar-refractivity contribution in [1.29, 1.82) is 0 Å². The van der Waals surface area contributed by atoms with E-state index in [4.69, 9.17) is 34.8 Å². The Labute approximate surface area is 122 Å². The average molecular weight is 326 g/mol. The molecule has 0 aromatic heterocycles. The molecule has 6 heteroatoms. The Morgan fingerprint density at radius 3 is 2.16 bits per heavy atom. The van der Waals surface area contributed by atoms with Gasteiger partial charge >= 0.3 is 6.18 Å². The molecule has 0 aliphatic rings. The average Bonchev–Trinajstić information content (AvgIpc) is 2.32. The molecule has 0 bridgehead atoms. The molecule has 2 aromatic carbocycles. The second-order valence-electron chi connectivity index (χ2n) is 3.79. The Hall–Kier alpha value is -0.900. The summed E-state index contributed by atoms with van der Waals surface area (Å²) in [6.07, 6.45) is -4.52. The lowest BCUT2D eigenvalue weighted by atomic mass is 10.0. The molecule has 0 atom stereocenters. The third-order valence-electron chi connectivity index (χ3n) is 2.53. The predicted molar refractivity (Wildman–Crippen MR) is 71.9 cm³/mol. The first-order valence-electron chi connectivity index (χ1n) is 5.12. The summed E-state index contributed by atoms with van der Waals surface area (Å²) in [5.74, 6) is 0. The van der Waals surface area contributed by atoms with E-state index in [1.807, 2.05) is 0 Å². The molecule has 2 rings (SSSR count). The van der Waals surface area contributed by atoms with Gasteiger partial charge < -0.3 is 0 Å². The summed E-state index contributed by atoms with van der Waals surface area (Å²) in [6, 6.07) is 8.39. The van der Waals surface area contributed by atoms with Crippen molar-refractivity contribution in [1.82, 2.24) is 0 Å². The molecule has 0 aliphatic carbocycles. The lowest BCUT2D eigenvalue weighted by Crippen LogP contribution is -2.05. The summed E-state index contributed by atoms with van der Waals surface area (Å²) in [5.41, 5.74) is -0.164. The van der Waals surface area contributed by atoms with Crippen LogP contribution in [0.25, 0.3) is 11.1 Å². The lowest BCUT2D eigenvalue weighted by molar-refractivity contribution is -0.137. The largest absolute Gasteiger partial charge is 0.417 e. The van der Waals surface area contributed by atoms with Crippen LogP contribution in [0, 0.1) is 0 Å². The van der Waals surface area contributed by atoms with Gasteiger partial charge in [0.25, 0.3) is 0 Å². The van der Waals surface area contributed by atoms with E-state index < -0.39 is 11.7 Å². The Balaban J connectivity index is 2.62. The Morgan fingerprint density at radius 1 is 0.842 bits per heavy atom. The zero-order valence-corrected chi connectivity index (χ0v) is 11.5. The predicted octanol–water partition coefficient (Wildman–Crippen LogP) is 6.33. The normalized spacial score (nSPS) is 11.7. The van der Waals surface area contributed by atoms with Crippen molar-refractivity contribution in [3.05, 3.63) is 57.0 Å². The first-order valence-corrected chi connectivity index (χ1v) is 6.25. The fraction of sp³-hybridized carbons (Fsp3) is 0.0769. The van der Waals surface area contributed by atoms with Crippen LogP contribution in [0.5, 0.6) is 0 Å². The van der Waals surface area contributed by atoms with E-state index in [0.29, 0.717) is 11.1 Å². The number of benzene rings is 2. The highest BCUT2D eigenvalue weighted by atomic mass is 35.5. The van der Waals surface area contributed by atoms with Gasteiger partial charge in [-0.2, -0.15) is 13.2 Å². The zero-order chi connectivity index (χ0) is 14.2. The summed E-state index contributed by atoms with van der Waals surface area (Å²) in [4.78, 5) is 0. The molecule has 0 heterocycles. The van der Waals surface area contributed by atoms with Gasteiger partial charge in [0.2, 0.25) is 0 Å². The summed E-state index contributed by atoms with van der Waals surface area (Å²) < 4.78 is 38.3. The monoisotopic (exact) mass is 324 g/mol. The van der Waals surface area contributed by atoms with Crippen LogP contribution in [0.4, 0.5) is 13.2 Å². The highest BCUT2D eigenvalue weighted by molar-refractivity contribution is 6.43. The van der Waals surface area contributed by atoms with Crippen LogP contribution in [-0.2, 0) is 6.18 Å². The van der Waals surface area contributed by atoms with E-state index in [0.717, 1.165) is 6.07 Å². The summed E-state index contributed by atoms with van der Waals surface area (Å²) in [6.45, 7) is 0. The van der Waals surface area contributed by atoms with Crippen molar-refractivity contribution in [2.24, 2.45) is 0 Å². The zero-order valence-electron chi connectivity index (χ0n) is 9.23. The molecule has 100 valence electrons. The van der Waals surface area contributed by atoms with Crippen LogP contribution in [0.3, 0.4) is 0 Å². The molecule has 0 radical (unpaired) electrons. The van der Waals surface area contributed by atoms with Gasteiger partial charge in [0.1, 0.15) is 0 Å². The molecular formula is C13H6Cl3F3. The fourth-order valence-corrected chi connectivity index (χ4v) is 2.27. The molecule has 0 nitrogen and oxygen atoms in total. The maximum atomic E-state index is 12.8. The van der Waals surface area contributed by atoms with Gasteiger partial charge in [0.05, 0.1) is 20.6 Å². The van der Waals surface area contributed by atoms with E-state index >= 15 is 0 Å². The molecule has 19 heavy (non-hydrogen) atoms. The molecule has 2 aromatic rings. The van der Waals surface area contributed by atoms with Crippen LogP contribution in [0.1, 0.15) is 5.56 Å². The van der Waals surface area contributed by atoms with Crippen LogP contribution < -0.4 is 0 Å². The van der Waals surface area contributed by atoms with E-state index in [1.165, 1.54) is 12.1 Å². The quantitative estimate of drug-likeness (QED) is 0.574. The molecular weight excluding hydrogens is 319 g/mol. The molecule has 0 fully saturated rings. The van der Waals surface area contributed by atoms with Crippen molar-refractivity contribution in [3.8, 4) is 11.1 Å². The van der Waals surface area contributed by atoms with Gasteiger partial charge in [-0.3, -0.25) is 0 Å². The van der Waals surface area contributed by atoms with Gasteiger partial charge in [-0.05, 0) is 23.8 Å². The van der Waals surface area contributed by atoms with Crippen LogP contribution in [-0.4, -0.2) is 0 Å². The van der Waals surface area contributed by atoms with Crippen molar-refractivity contribution in [3.63, 3.8) is 0 Å². The highest BCUT2D eigenvalue weighted by Gasteiger charge is 2.33. The van der Waals surface area contributed by atoms with Gasteiger partial charge in [-0.15, -0.1) is 0 Å². The van der Waals surface area contributed by atoms with E-state index in [9.17, 15) is 13.2 Å².